The molecule has 0 unspecified atom stereocenters. The minimum atomic E-state index is -3.66. The summed E-state index contributed by atoms with van der Waals surface area (Å²) in [5.41, 5.74) is 0.869. The van der Waals surface area contributed by atoms with E-state index in [0.717, 1.165) is 5.69 Å². The lowest BCUT2D eigenvalue weighted by Crippen LogP contribution is -2.23. The molecule has 114 valence electrons. The predicted molar refractivity (Wildman–Crippen MR) is 84.3 cm³/mol. The molecule has 0 bridgehead atoms. The highest BCUT2D eigenvalue weighted by atomic mass is 35.5. The minimum Gasteiger partial charge on any atom is -0.369 e. The number of nitrogens with zero attached hydrogens (tertiary/aromatic N) is 2. The maximum Gasteiger partial charge on any atom is 0.242 e. The molecular formula is C12H15ClN4O2S2. The van der Waals surface area contributed by atoms with Crippen LogP contribution >= 0.6 is 22.9 Å². The summed E-state index contributed by atoms with van der Waals surface area (Å²) in [6, 6.07) is 1.38. The second-order valence-corrected chi connectivity index (χ2v) is 7.36. The largest absolute Gasteiger partial charge is 0.369 e. The van der Waals surface area contributed by atoms with Gasteiger partial charge in [-0.25, -0.2) is 23.1 Å². The maximum atomic E-state index is 12.2. The van der Waals surface area contributed by atoms with E-state index in [1.807, 2.05) is 19.2 Å². The highest BCUT2D eigenvalue weighted by molar-refractivity contribution is 7.89. The van der Waals surface area contributed by atoms with Gasteiger partial charge in [0.2, 0.25) is 10.0 Å². The number of anilines is 1. The second kappa shape index (κ2) is 6.69. The number of aromatic nitrogens is 2. The third-order valence-corrected chi connectivity index (χ3v) is 5.17. The molecule has 0 amide bonds. The van der Waals surface area contributed by atoms with Crippen LogP contribution in [-0.2, 0) is 16.6 Å². The molecule has 2 heterocycles. The van der Waals surface area contributed by atoms with E-state index in [0.29, 0.717) is 17.4 Å². The van der Waals surface area contributed by atoms with Gasteiger partial charge in [-0.15, -0.1) is 11.3 Å². The van der Waals surface area contributed by atoms with Gasteiger partial charge in [0.1, 0.15) is 15.7 Å². The first-order valence-corrected chi connectivity index (χ1v) is 8.96. The van der Waals surface area contributed by atoms with E-state index in [1.165, 1.54) is 23.6 Å². The van der Waals surface area contributed by atoms with Crippen LogP contribution in [0.15, 0.2) is 22.5 Å². The van der Waals surface area contributed by atoms with Gasteiger partial charge in [-0.05, 0) is 19.9 Å². The van der Waals surface area contributed by atoms with Gasteiger partial charge in [-0.2, -0.15) is 0 Å². The van der Waals surface area contributed by atoms with Crippen LogP contribution < -0.4 is 10.0 Å². The number of rotatable bonds is 6. The van der Waals surface area contributed by atoms with Gasteiger partial charge >= 0.3 is 0 Å². The van der Waals surface area contributed by atoms with Crippen molar-refractivity contribution in [3.8, 4) is 0 Å². The SMILES string of the molecule is CCNc1ncc(S(=O)(=O)NCc2nc(C)cs2)cc1Cl. The van der Waals surface area contributed by atoms with E-state index in [1.54, 1.807) is 0 Å². The number of sulfonamides is 1. The first-order chi connectivity index (χ1) is 9.92. The Bertz CT molecular complexity index is 731. The van der Waals surface area contributed by atoms with Crippen molar-refractivity contribution in [3.05, 3.63) is 33.4 Å². The highest BCUT2D eigenvalue weighted by Crippen LogP contribution is 2.22. The number of pyridine rings is 1. The molecule has 2 rings (SSSR count). The molecule has 0 fully saturated rings. The molecule has 21 heavy (non-hydrogen) atoms. The van der Waals surface area contributed by atoms with Gasteiger partial charge in [0.15, 0.2) is 0 Å². The normalized spacial score (nSPS) is 11.6. The van der Waals surface area contributed by atoms with Crippen LogP contribution in [0.1, 0.15) is 17.6 Å². The van der Waals surface area contributed by atoms with Gasteiger partial charge in [-0.1, -0.05) is 11.6 Å². The summed E-state index contributed by atoms with van der Waals surface area (Å²) < 4.78 is 26.8. The van der Waals surface area contributed by atoms with E-state index in [2.05, 4.69) is 20.0 Å². The molecule has 2 aromatic heterocycles. The quantitative estimate of drug-likeness (QED) is 0.839. The number of hydrogen-bond acceptors (Lipinski definition) is 6. The number of nitrogens with one attached hydrogen (secondary N) is 2. The Morgan fingerprint density at radius 1 is 1.43 bits per heavy atom. The number of thiazole rings is 1. The van der Waals surface area contributed by atoms with Crippen molar-refractivity contribution >= 4 is 38.8 Å². The topological polar surface area (TPSA) is 84.0 Å². The summed E-state index contributed by atoms with van der Waals surface area (Å²) in [6.07, 6.45) is 1.28. The maximum absolute atomic E-state index is 12.2. The number of aryl methyl sites for hydroxylation is 1. The lowest BCUT2D eigenvalue weighted by molar-refractivity contribution is 0.580. The van der Waals surface area contributed by atoms with Crippen molar-refractivity contribution in [1.29, 1.82) is 0 Å². The molecule has 2 N–H and O–H groups in total. The third kappa shape index (κ3) is 4.13. The van der Waals surface area contributed by atoms with Gasteiger partial charge < -0.3 is 5.32 Å². The van der Waals surface area contributed by atoms with Crippen LogP contribution in [0.2, 0.25) is 5.02 Å². The Morgan fingerprint density at radius 3 is 2.76 bits per heavy atom. The Balaban J connectivity index is 2.13. The van der Waals surface area contributed by atoms with E-state index < -0.39 is 10.0 Å². The van der Waals surface area contributed by atoms with Gasteiger partial charge in [0, 0.05) is 23.8 Å². The van der Waals surface area contributed by atoms with Crippen LogP contribution in [0.3, 0.4) is 0 Å². The fourth-order valence-corrected chi connectivity index (χ4v) is 3.65. The summed E-state index contributed by atoms with van der Waals surface area (Å²) in [5.74, 6) is 0.466. The van der Waals surface area contributed by atoms with Crippen LogP contribution in [0.25, 0.3) is 0 Å². The van der Waals surface area contributed by atoms with Crippen molar-refractivity contribution in [1.82, 2.24) is 14.7 Å². The molecular weight excluding hydrogens is 332 g/mol. The van der Waals surface area contributed by atoms with Crippen molar-refractivity contribution in [3.63, 3.8) is 0 Å². The first kappa shape index (κ1) is 16.2. The van der Waals surface area contributed by atoms with Crippen molar-refractivity contribution in [2.45, 2.75) is 25.3 Å². The summed E-state index contributed by atoms with van der Waals surface area (Å²) in [6.45, 7) is 4.56. The third-order valence-electron chi connectivity index (χ3n) is 2.55. The van der Waals surface area contributed by atoms with Gasteiger partial charge in [-0.3, -0.25) is 0 Å². The molecule has 0 atom stereocenters. The molecule has 2 aromatic rings. The van der Waals surface area contributed by atoms with E-state index >= 15 is 0 Å². The summed E-state index contributed by atoms with van der Waals surface area (Å²) in [4.78, 5) is 8.25. The minimum absolute atomic E-state index is 0.0300. The van der Waals surface area contributed by atoms with Crippen LogP contribution in [0, 0.1) is 6.92 Å². The summed E-state index contributed by atoms with van der Waals surface area (Å²) in [7, 11) is -3.66. The average Bonchev–Trinajstić information content (AvgIpc) is 2.85. The van der Waals surface area contributed by atoms with Crippen LogP contribution in [-0.4, -0.2) is 24.9 Å². The molecule has 9 heteroatoms. The zero-order chi connectivity index (χ0) is 15.5. The Morgan fingerprint density at radius 2 is 2.19 bits per heavy atom. The summed E-state index contributed by atoms with van der Waals surface area (Å²) in [5, 5.41) is 5.79. The van der Waals surface area contributed by atoms with E-state index in [-0.39, 0.29) is 16.5 Å². The van der Waals surface area contributed by atoms with E-state index in [9.17, 15) is 8.42 Å². The highest BCUT2D eigenvalue weighted by Gasteiger charge is 2.17. The zero-order valence-electron chi connectivity index (χ0n) is 11.6. The Kier molecular flexibility index (Phi) is 5.15. The van der Waals surface area contributed by atoms with Crippen molar-refractivity contribution in [2.24, 2.45) is 0 Å². The number of halogens is 1. The lowest BCUT2D eigenvalue weighted by atomic mass is 10.4. The standard InChI is InChI=1S/C12H15ClN4O2S2/c1-3-14-12-10(13)4-9(5-15-12)21(18,19)16-6-11-17-8(2)7-20-11/h4-5,7,16H,3,6H2,1-2H3,(H,14,15). The fourth-order valence-electron chi connectivity index (χ4n) is 1.59. The second-order valence-electron chi connectivity index (χ2n) is 4.24. The molecule has 0 saturated carbocycles. The first-order valence-electron chi connectivity index (χ1n) is 6.22. The van der Waals surface area contributed by atoms with Gasteiger partial charge in [0.25, 0.3) is 0 Å². The monoisotopic (exact) mass is 346 g/mol. The number of hydrogen-bond donors (Lipinski definition) is 2. The average molecular weight is 347 g/mol. The molecule has 0 aliphatic rings. The molecule has 6 nitrogen and oxygen atoms in total. The Hall–Kier alpha value is -1.22. The lowest BCUT2D eigenvalue weighted by Gasteiger charge is -2.08. The summed E-state index contributed by atoms with van der Waals surface area (Å²) >= 11 is 7.42. The van der Waals surface area contributed by atoms with E-state index in [4.69, 9.17) is 11.6 Å². The molecule has 0 spiro atoms. The predicted octanol–water partition coefficient (Wildman–Crippen LogP) is 2.41. The van der Waals surface area contributed by atoms with Gasteiger partial charge in [0.05, 0.1) is 11.6 Å². The fraction of sp³-hybridized carbons (Fsp3) is 0.333. The van der Waals surface area contributed by atoms with Crippen LogP contribution in [0.4, 0.5) is 5.82 Å². The van der Waals surface area contributed by atoms with Crippen molar-refractivity contribution < 1.29 is 8.42 Å². The zero-order valence-corrected chi connectivity index (χ0v) is 13.9. The van der Waals surface area contributed by atoms with Crippen LogP contribution in [0.5, 0.6) is 0 Å². The molecule has 0 aromatic carbocycles. The smallest absolute Gasteiger partial charge is 0.242 e. The molecule has 0 saturated heterocycles. The Labute approximate surface area is 132 Å². The molecule has 0 radical (unpaired) electrons. The molecule has 0 aliphatic heterocycles. The molecule has 0 aliphatic carbocycles. The van der Waals surface area contributed by atoms with Crippen molar-refractivity contribution in [2.75, 3.05) is 11.9 Å².